The Morgan fingerprint density at radius 2 is 1.89 bits per heavy atom. The Bertz CT molecular complexity index is 1040. The predicted molar refractivity (Wildman–Crippen MR) is 99.1 cm³/mol. The summed E-state index contributed by atoms with van der Waals surface area (Å²) in [6.07, 6.45) is 1.27. The van der Waals surface area contributed by atoms with Crippen molar-refractivity contribution < 1.29 is 19.1 Å². The number of hydrogen-bond donors (Lipinski definition) is 0. The summed E-state index contributed by atoms with van der Waals surface area (Å²) in [6, 6.07) is 16.7. The first-order valence-electron chi connectivity index (χ1n) is 8.66. The van der Waals surface area contributed by atoms with Crippen molar-refractivity contribution >= 4 is 28.8 Å². The Hall–Kier alpha value is -3.41. The molecule has 1 atom stereocenters. The number of nitrogens with zero attached hydrogens (tertiary/aromatic N) is 2. The maximum atomic E-state index is 12.9. The molecule has 6 nitrogen and oxygen atoms in total. The topological polar surface area (TPSA) is 68.6 Å². The van der Waals surface area contributed by atoms with Gasteiger partial charge in [-0.05, 0) is 23.3 Å². The number of rotatable bonds is 3. The average molecular weight is 362 g/mol. The Morgan fingerprint density at radius 3 is 2.63 bits per heavy atom. The van der Waals surface area contributed by atoms with Crippen LogP contribution in [0.25, 0.3) is 10.9 Å². The number of likely N-dealkylation sites (tertiary alicyclic amines) is 1. The standard InChI is InChI=1S/C21H18N2O4/c1-27-21(26)22-10-9-15-7-8-16(11-18(15)22)17-12-19(24)23(20(17)25)13-14-5-3-2-4-6-14/h2-11,17H,12-13H2,1H3. The summed E-state index contributed by atoms with van der Waals surface area (Å²) in [7, 11) is 1.32. The highest BCUT2D eigenvalue weighted by molar-refractivity contribution is 6.06. The monoisotopic (exact) mass is 362 g/mol. The Morgan fingerprint density at radius 1 is 1.11 bits per heavy atom. The number of methoxy groups -OCH3 is 1. The molecule has 1 unspecified atom stereocenters. The Balaban J connectivity index is 1.64. The molecule has 1 aromatic heterocycles. The first-order chi connectivity index (χ1) is 13.1. The fourth-order valence-electron chi connectivity index (χ4n) is 3.50. The van der Waals surface area contributed by atoms with Crippen molar-refractivity contribution in [2.75, 3.05) is 7.11 Å². The number of carbonyl (C=O) groups excluding carboxylic acids is 3. The van der Waals surface area contributed by atoms with Crippen LogP contribution in [0.5, 0.6) is 0 Å². The zero-order chi connectivity index (χ0) is 19.0. The average Bonchev–Trinajstić information content (AvgIpc) is 3.24. The van der Waals surface area contributed by atoms with Gasteiger partial charge in [0.05, 0.1) is 25.1 Å². The second-order valence-electron chi connectivity index (χ2n) is 6.53. The molecular weight excluding hydrogens is 344 g/mol. The number of benzene rings is 2. The minimum absolute atomic E-state index is 0.135. The molecule has 0 radical (unpaired) electrons. The zero-order valence-electron chi connectivity index (χ0n) is 14.8. The van der Waals surface area contributed by atoms with Crippen molar-refractivity contribution in [2.24, 2.45) is 0 Å². The molecule has 0 spiro atoms. The Kier molecular flexibility index (Phi) is 4.24. The summed E-state index contributed by atoms with van der Waals surface area (Å²) in [5, 5.41) is 0.863. The number of fused-ring (bicyclic) bond motifs is 1. The molecule has 1 aliphatic heterocycles. The highest BCUT2D eigenvalue weighted by Gasteiger charge is 2.39. The van der Waals surface area contributed by atoms with Gasteiger partial charge in [-0.15, -0.1) is 0 Å². The van der Waals surface area contributed by atoms with Gasteiger partial charge in [0.25, 0.3) is 0 Å². The quantitative estimate of drug-likeness (QED) is 0.671. The van der Waals surface area contributed by atoms with E-state index in [-0.39, 0.29) is 24.8 Å². The lowest BCUT2D eigenvalue weighted by atomic mass is 9.96. The summed E-state index contributed by atoms with van der Waals surface area (Å²) in [4.78, 5) is 38.5. The lowest BCUT2D eigenvalue weighted by Crippen LogP contribution is -2.29. The van der Waals surface area contributed by atoms with Gasteiger partial charge in [0.15, 0.2) is 0 Å². The maximum Gasteiger partial charge on any atom is 0.418 e. The normalized spacial score (nSPS) is 16.9. The lowest BCUT2D eigenvalue weighted by molar-refractivity contribution is -0.139. The second-order valence-corrected chi connectivity index (χ2v) is 6.53. The van der Waals surface area contributed by atoms with Crippen LogP contribution >= 0.6 is 0 Å². The van der Waals surface area contributed by atoms with Crippen LogP contribution in [-0.2, 0) is 20.9 Å². The molecule has 0 N–H and O–H groups in total. The highest BCUT2D eigenvalue weighted by Crippen LogP contribution is 2.32. The molecule has 1 saturated heterocycles. The van der Waals surface area contributed by atoms with Crippen LogP contribution in [-0.4, -0.2) is 34.5 Å². The number of hydrogen-bond acceptors (Lipinski definition) is 4. The number of amides is 2. The first kappa shape index (κ1) is 17.0. The molecule has 0 bridgehead atoms. The van der Waals surface area contributed by atoms with Crippen molar-refractivity contribution in [1.29, 1.82) is 0 Å². The van der Waals surface area contributed by atoms with Gasteiger partial charge in [-0.2, -0.15) is 0 Å². The van der Waals surface area contributed by atoms with E-state index < -0.39 is 12.0 Å². The van der Waals surface area contributed by atoms with Crippen molar-refractivity contribution in [3.8, 4) is 0 Å². The van der Waals surface area contributed by atoms with Crippen LogP contribution in [0.3, 0.4) is 0 Å². The SMILES string of the molecule is COC(=O)n1ccc2ccc(C3CC(=O)N(Cc4ccccc4)C3=O)cc21. The van der Waals surface area contributed by atoms with Crippen LogP contribution in [0.4, 0.5) is 4.79 Å². The number of aromatic nitrogens is 1. The van der Waals surface area contributed by atoms with Crippen LogP contribution in [0.2, 0.25) is 0 Å². The van der Waals surface area contributed by atoms with Gasteiger partial charge >= 0.3 is 6.09 Å². The van der Waals surface area contributed by atoms with Crippen LogP contribution in [0, 0.1) is 0 Å². The van der Waals surface area contributed by atoms with Crippen molar-refractivity contribution in [2.45, 2.75) is 18.9 Å². The summed E-state index contributed by atoms with van der Waals surface area (Å²) in [5.74, 6) is -0.928. The number of carbonyl (C=O) groups is 3. The molecule has 3 aromatic rings. The summed E-state index contributed by atoms with van der Waals surface area (Å²) in [6.45, 7) is 0.274. The van der Waals surface area contributed by atoms with E-state index in [1.165, 1.54) is 16.6 Å². The van der Waals surface area contributed by atoms with Gasteiger partial charge in [-0.3, -0.25) is 19.1 Å². The molecule has 2 aromatic carbocycles. The number of ether oxygens (including phenoxy) is 1. The van der Waals surface area contributed by atoms with Gasteiger partial charge in [0, 0.05) is 18.0 Å². The fourth-order valence-corrected chi connectivity index (χ4v) is 3.50. The zero-order valence-corrected chi connectivity index (χ0v) is 14.8. The van der Waals surface area contributed by atoms with E-state index in [0.717, 1.165) is 16.5 Å². The van der Waals surface area contributed by atoms with Gasteiger partial charge in [-0.25, -0.2) is 4.79 Å². The first-order valence-corrected chi connectivity index (χ1v) is 8.66. The molecule has 136 valence electrons. The van der Waals surface area contributed by atoms with E-state index in [0.29, 0.717) is 5.52 Å². The predicted octanol–water partition coefficient (Wildman–Crippen LogP) is 3.30. The van der Waals surface area contributed by atoms with Gasteiger partial charge < -0.3 is 4.74 Å². The third kappa shape index (κ3) is 2.99. The van der Waals surface area contributed by atoms with Gasteiger partial charge in [0.2, 0.25) is 11.8 Å². The molecule has 6 heteroatoms. The van der Waals surface area contributed by atoms with E-state index in [1.807, 2.05) is 42.5 Å². The molecule has 2 heterocycles. The molecule has 0 saturated carbocycles. The maximum absolute atomic E-state index is 12.9. The molecule has 2 amide bonds. The van der Waals surface area contributed by atoms with Crippen molar-refractivity contribution in [1.82, 2.24) is 9.47 Å². The second kappa shape index (κ2) is 6.72. The smallest absolute Gasteiger partial charge is 0.418 e. The summed E-state index contributed by atoms with van der Waals surface area (Å²) >= 11 is 0. The largest absolute Gasteiger partial charge is 0.452 e. The van der Waals surface area contributed by atoms with E-state index in [2.05, 4.69) is 0 Å². The van der Waals surface area contributed by atoms with Crippen LogP contribution in [0.1, 0.15) is 23.5 Å². The fraction of sp³-hybridized carbons (Fsp3) is 0.190. The third-order valence-corrected chi connectivity index (χ3v) is 4.92. The van der Waals surface area contributed by atoms with E-state index in [1.54, 1.807) is 18.3 Å². The Labute approximate surface area is 155 Å². The minimum atomic E-state index is -0.536. The molecule has 0 aliphatic carbocycles. The van der Waals surface area contributed by atoms with Gasteiger partial charge in [0.1, 0.15) is 0 Å². The molecule has 27 heavy (non-hydrogen) atoms. The van der Waals surface area contributed by atoms with E-state index in [4.69, 9.17) is 4.74 Å². The van der Waals surface area contributed by atoms with Crippen LogP contribution in [0.15, 0.2) is 60.8 Å². The summed E-state index contributed by atoms with van der Waals surface area (Å²) < 4.78 is 6.18. The summed E-state index contributed by atoms with van der Waals surface area (Å²) in [5.41, 5.74) is 2.29. The van der Waals surface area contributed by atoms with Crippen molar-refractivity contribution in [3.63, 3.8) is 0 Å². The molecule has 4 rings (SSSR count). The molecule has 1 aliphatic rings. The molecule has 1 fully saturated rings. The van der Waals surface area contributed by atoms with Crippen LogP contribution < -0.4 is 0 Å². The van der Waals surface area contributed by atoms with Gasteiger partial charge in [-0.1, -0.05) is 42.5 Å². The molecular formula is C21H18N2O4. The minimum Gasteiger partial charge on any atom is -0.452 e. The van der Waals surface area contributed by atoms with Crippen molar-refractivity contribution in [3.05, 3.63) is 71.9 Å². The highest BCUT2D eigenvalue weighted by atomic mass is 16.5. The van der Waals surface area contributed by atoms with E-state index in [9.17, 15) is 14.4 Å². The lowest BCUT2D eigenvalue weighted by Gasteiger charge is -2.15. The number of imide groups is 1. The van der Waals surface area contributed by atoms with E-state index >= 15 is 0 Å². The third-order valence-electron chi connectivity index (χ3n) is 4.92.